The maximum Gasteiger partial charge on any atom is 0.246 e. The molecule has 0 saturated heterocycles. The molecule has 0 aromatic heterocycles. The zero-order valence-electron chi connectivity index (χ0n) is 16.3. The van der Waals surface area contributed by atoms with Crippen LogP contribution in [0.1, 0.15) is 29.2 Å². The monoisotopic (exact) mass is 386 g/mol. The van der Waals surface area contributed by atoms with Gasteiger partial charge in [0, 0.05) is 13.1 Å². The van der Waals surface area contributed by atoms with Crippen LogP contribution in [0.25, 0.3) is 0 Å². The van der Waals surface area contributed by atoms with Crippen LogP contribution in [0, 0.1) is 13.8 Å². The molecule has 6 heteroatoms. The lowest BCUT2D eigenvalue weighted by atomic mass is 9.99. The Bertz CT molecular complexity index is 969. The first-order valence-electron chi connectivity index (χ1n) is 9.10. The topological polar surface area (TPSA) is 57.7 Å². The number of rotatable bonds is 4. The lowest BCUT2D eigenvalue weighted by Crippen LogP contribution is -2.50. The van der Waals surface area contributed by atoms with Gasteiger partial charge in [-0.25, -0.2) is 8.42 Å². The fourth-order valence-electron chi connectivity index (χ4n) is 3.61. The summed E-state index contributed by atoms with van der Waals surface area (Å²) in [6, 6.07) is 12.8. The van der Waals surface area contributed by atoms with E-state index in [0.29, 0.717) is 18.8 Å². The maximum absolute atomic E-state index is 13.1. The van der Waals surface area contributed by atoms with Gasteiger partial charge in [0.25, 0.3) is 0 Å². The molecular formula is C21H26N2O3S. The molecular weight excluding hydrogens is 360 g/mol. The van der Waals surface area contributed by atoms with Crippen molar-refractivity contribution in [2.75, 3.05) is 17.1 Å². The Morgan fingerprint density at radius 1 is 1.07 bits per heavy atom. The normalized spacial score (nSPS) is 15.2. The Labute approximate surface area is 161 Å². The zero-order chi connectivity index (χ0) is 19.8. The van der Waals surface area contributed by atoms with Gasteiger partial charge in [0.1, 0.15) is 6.04 Å². The molecule has 0 radical (unpaired) electrons. The predicted octanol–water partition coefficient (Wildman–Crippen LogP) is 3.04. The van der Waals surface area contributed by atoms with Gasteiger partial charge in [-0.05, 0) is 61.6 Å². The summed E-state index contributed by atoms with van der Waals surface area (Å²) < 4.78 is 26.3. The van der Waals surface area contributed by atoms with E-state index in [2.05, 4.69) is 6.07 Å². The highest BCUT2D eigenvalue weighted by Crippen LogP contribution is 2.26. The van der Waals surface area contributed by atoms with Gasteiger partial charge in [-0.3, -0.25) is 9.10 Å². The standard InChI is InChI=1S/C21H26N2O3S/c1-15-9-10-20(13-16(15)2)23(27(4,25)26)17(3)21(24)22-12-11-18-7-5-6-8-19(18)14-22/h5-10,13,17H,11-12,14H2,1-4H3/t17-/m1/s1. The number of fused-ring (bicyclic) bond motifs is 1. The summed E-state index contributed by atoms with van der Waals surface area (Å²) in [5.74, 6) is -0.173. The fraction of sp³-hybridized carbons (Fsp3) is 0.381. The van der Waals surface area contributed by atoms with Crippen LogP contribution in [0.5, 0.6) is 0 Å². The molecule has 0 spiro atoms. The summed E-state index contributed by atoms with van der Waals surface area (Å²) in [6.45, 7) is 6.70. The first kappa shape index (κ1) is 19.4. The van der Waals surface area contributed by atoms with E-state index < -0.39 is 16.1 Å². The first-order valence-corrected chi connectivity index (χ1v) is 11.0. The number of hydrogen-bond acceptors (Lipinski definition) is 3. The predicted molar refractivity (Wildman–Crippen MR) is 108 cm³/mol. The molecule has 5 nitrogen and oxygen atoms in total. The van der Waals surface area contributed by atoms with Crippen LogP contribution in [-0.4, -0.2) is 38.1 Å². The van der Waals surface area contributed by atoms with Gasteiger partial charge < -0.3 is 4.90 Å². The van der Waals surface area contributed by atoms with Crippen molar-refractivity contribution in [3.63, 3.8) is 0 Å². The molecule has 0 fully saturated rings. The van der Waals surface area contributed by atoms with Gasteiger partial charge in [-0.2, -0.15) is 0 Å². The summed E-state index contributed by atoms with van der Waals surface area (Å²) in [7, 11) is -3.61. The van der Waals surface area contributed by atoms with Crippen molar-refractivity contribution in [2.24, 2.45) is 0 Å². The van der Waals surface area contributed by atoms with Crippen molar-refractivity contribution >= 4 is 21.6 Å². The number of nitrogens with zero attached hydrogens (tertiary/aromatic N) is 2. The van der Waals surface area contributed by atoms with Crippen LogP contribution in [0.4, 0.5) is 5.69 Å². The van der Waals surface area contributed by atoms with E-state index in [9.17, 15) is 13.2 Å². The molecule has 144 valence electrons. The minimum absolute atomic E-state index is 0.173. The fourth-order valence-corrected chi connectivity index (χ4v) is 4.77. The summed E-state index contributed by atoms with van der Waals surface area (Å²) in [6.07, 6.45) is 1.94. The third-order valence-electron chi connectivity index (χ3n) is 5.25. The van der Waals surface area contributed by atoms with E-state index in [4.69, 9.17) is 0 Å². The van der Waals surface area contributed by atoms with Crippen LogP contribution < -0.4 is 4.31 Å². The van der Waals surface area contributed by atoms with Gasteiger partial charge >= 0.3 is 0 Å². The van der Waals surface area contributed by atoms with E-state index in [1.807, 2.05) is 44.2 Å². The third-order valence-corrected chi connectivity index (χ3v) is 6.50. The Morgan fingerprint density at radius 2 is 1.74 bits per heavy atom. The SMILES string of the molecule is Cc1ccc(N([C@H](C)C(=O)N2CCc3ccccc3C2)S(C)(=O)=O)cc1C. The lowest BCUT2D eigenvalue weighted by Gasteiger charge is -2.35. The van der Waals surface area contributed by atoms with Crippen LogP contribution in [0.15, 0.2) is 42.5 Å². The van der Waals surface area contributed by atoms with E-state index in [-0.39, 0.29) is 5.91 Å². The Balaban J connectivity index is 1.89. The van der Waals surface area contributed by atoms with Gasteiger partial charge in [-0.1, -0.05) is 30.3 Å². The molecule has 0 aliphatic carbocycles. The average Bonchev–Trinajstić information content (AvgIpc) is 2.62. The second-order valence-corrected chi connectivity index (χ2v) is 9.14. The molecule has 2 aromatic rings. The van der Waals surface area contributed by atoms with Crippen LogP contribution in [0.3, 0.4) is 0 Å². The van der Waals surface area contributed by atoms with Crippen molar-refractivity contribution in [3.8, 4) is 0 Å². The van der Waals surface area contributed by atoms with Crippen LogP contribution >= 0.6 is 0 Å². The smallest absolute Gasteiger partial charge is 0.246 e. The van der Waals surface area contributed by atoms with Crippen LogP contribution in [-0.2, 0) is 27.8 Å². The Kier molecular flexibility index (Phi) is 5.29. The van der Waals surface area contributed by atoms with E-state index >= 15 is 0 Å². The molecule has 2 aromatic carbocycles. The Morgan fingerprint density at radius 3 is 2.37 bits per heavy atom. The second-order valence-electron chi connectivity index (χ2n) is 7.28. The molecule has 1 atom stereocenters. The highest BCUT2D eigenvalue weighted by molar-refractivity contribution is 7.92. The summed E-state index contributed by atoms with van der Waals surface area (Å²) in [5.41, 5.74) is 4.98. The van der Waals surface area contributed by atoms with Gasteiger partial charge in [0.15, 0.2) is 0 Å². The largest absolute Gasteiger partial charge is 0.336 e. The highest BCUT2D eigenvalue weighted by Gasteiger charge is 2.33. The van der Waals surface area contributed by atoms with Crippen molar-refractivity contribution in [3.05, 3.63) is 64.7 Å². The number of benzene rings is 2. The number of carbonyl (C=O) groups excluding carboxylic acids is 1. The summed E-state index contributed by atoms with van der Waals surface area (Å²) in [5, 5.41) is 0. The van der Waals surface area contributed by atoms with Gasteiger partial charge in [0.05, 0.1) is 11.9 Å². The molecule has 1 heterocycles. The Hall–Kier alpha value is -2.34. The molecule has 3 rings (SSSR count). The van der Waals surface area contributed by atoms with Crippen LogP contribution in [0.2, 0.25) is 0 Å². The molecule has 1 aliphatic heterocycles. The summed E-state index contributed by atoms with van der Waals surface area (Å²) >= 11 is 0. The number of amides is 1. The van der Waals surface area contributed by atoms with E-state index in [1.54, 1.807) is 17.9 Å². The average molecular weight is 387 g/mol. The van der Waals surface area contributed by atoms with Crippen molar-refractivity contribution in [2.45, 2.75) is 39.8 Å². The number of carbonyl (C=O) groups is 1. The molecule has 0 N–H and O–H groups in total. The van der Waals surface area contributed by atoms with Crippen molar-refractivity contribution in [1.82, 2.24) is 4.90 Å². The van der Waals surface area contributed by atoms with E-state index in [0.717, 1.165) is 29.4 Å². The lowest BCUT2D eigenvalue weighted by molar-refractivity contribution is -0.132. The molecule has 0 bridgehead atoms. The highest BCUT2D eigenvalue weighted by atomic mass is 32.2. The summed E-state index contributed by atoms with van der Waals surface area (Å²) in [4.78, 5) is 14.9. The third kappa shape index (κ3) is 4.00. The van der Waals surface area contributed by atoms with Crippen molar-refractivity contribution in [1.29, 1.82) is 0 Å². The molecule has 1 aliphatic rings. The molecule has 1 amide bonds. The van der Waals surface area contributed by atoms with E-state index in [1.165, 1.54) is 9.87 Å². The second kappa shape index (κ2) is 7.35. The van der Waals surface area contributed by atoms with Crippen molar-refractivity contribution < 1.29 is 13.2 Å². The number of hydrogen-bond donors (Lipinski definition) is 0. The number of sulfonamides is 1. The van der Waals surface area contributed by atoms with Gasteiger partial charge in [-0.15, -0.1) is 0 Å². The number of anilines is 1. The zero-order valence-corrected chi connectivity index (χ0v) is 17.1. The van der Waals surface area contributed by atoms with Gasteiger partial charge in [0.2, 0.25) is 15.9 Å². The number of aryl methyl sites for hydroxylation is 2. The molecule has 0 saturated carbocycles. The first-order chi connectivity index (χ1) is 12.7. The molecule has 0 unspecified atom stereocenters. The minimum atomic E-state index is -3.61. The molecule has 27 heavy (non-hydrogen) atoms. The maximum atomic E-state index is 13.1. The minimum Gasteiger partial charge on any atom is -0.336 e. The quantitative estimate of drug-likeness (QED) is 0.812.